The van der Waals surface area contributed by atoms with E-state index in [0.29, 0.717) is 39.5 Å². The van der Waals surface area contributed by atoms with Gasteiger partial charge in [-0.05, 0) is 19.3 Å². The molecule has 182 valence electrons. The monoisotopic (exact) mass is 443 g/mol. The molecule has 0 unspecified atom stereocenters. The second-order valence-electron chi connectivity index (χ2n) is 7.87. The third-order valence-electron chi connectivity index (χ3n) is 4.93. The summed E-state index contributed by atoms with van der Waals surface area (Å²) in [6, 6.07) is 0. The van der Waals surface area contributed by atoms with E-state index >= 15 is 0 Å². The van der Waals surface area contributed by atoms with Crippen LogP contribution in [-0.2, 0) is 28.6 Å². The van der Waals surface area contributed by atoms with Crippen LogP contribution < -0.4 is 0 Å². The van der Waals surface area contributed by atoms with E-state index in [1.54, 1.807) is 0 Å². The first-order valence-corrected chi connectivity index (χ1v) is 12.2. The lowest BCUT2D eigenvalue weighted by atomic mass is 10.2. The summed E-state index contributed by atoms with van der Waals surface area (Å²) in [5.41, 5.74) is 0. The summed E-state index contributed by atoms with van der Waals surface area (Å²) in [5.74, 6) is -0.735. The molecule has 0 N–H and O–H groups in total. The highest BCUT2D eigenvalue weighted by molar-refractivity contribution is 5.71. The number of carbonyl (C=O) groups excluding carboxylic acids is 3. The van der Waals surface area contributed by atoms with E-state index in [1.165, 1.54) is 0 Å². The predicted octanol–water partition coefficient (Wildman–Crippen LogP) is 4.66. The Balaban J connectivity index is 4.34. The quantitative estimate of drug-likeness (QED) is 0.145. The van der Waals surface area contributed by atoms with E-state index in [4.69, 9.17) is 14.2 Å². The van der Waals surface area contributed by atoms with Crippen LogP contribution in [0, 0.1) is 0 Å². The minimum atomic E-state index is -0.245. The Kier molecular flexibility index (Phi) is 20.5. The Morgan fingerprint density at radius 3 is 1.06 bits per heavy atom. The maximum atomic E-state index is 12.0. The van der Waals surface area contributed by atoms with Gasteiger partial charge in [0.15, 0.2) is 0 Å². The highest BCUT2D eigenvalue weighted by Crippen LogP contribution is 2.04. The largest absolute Gasteiger partial charge is 0.466 e. The Morgan fingerprint density at radius 1 is 0.516 bits per heavy atom. The van der Waals surface area contributed by atoms with Crippen LogP contribution in [0.1, 0.15) is 97.8 Å². The Labute approximate surface area is 189 Å². The van der Waals surface area contributed by atoms with Crippen LogP contribution in [0.2, 0.25) is 0 Å². The average molecular weight is 444 g/mol. The average Bonchev–Trinajstić information content (AvgIpc) is 2.76. The molecule has 0 aliphatic carbocycles. The molecule has 0 spiro atoms. The maximum Gasteiger partial charge on any atom is 0.307 e. The fraction of sp³-hybridized carbons (Fsp3) is 0.875. The van der Waals surface area contributed by atoms with E-state index < -0.39 is 0 Å². The molecule has 7 heteroatoms. The molecule has 0 aliphatic rings. The van der Waals surface area contributed by atoms with Crippen LogP contribution in [0.15, 0.2) is 0 Å². The summed E-state index contributed by atoms with van der Waals surface area (Å²) in [5, 5.41) is 0. The molecule has 0 fully saturated rings. The Morgan fingerprint density at radius 2 is 0.806 bits per heavy atom. The minimum absolute atomic E-state index is 0.239. The smallest absolute Gasteiger partial charge is 0.307 e. The lowest BCUT2D eigenvalue weighted by Gasteiger charge is -2.21. The van der Waals surface area contributed by atoms with Crippen LogP contribution >= 0.6 is 0 Å². The van der Waals surface area contributed by atoms with Gasteiger partial charge in [0.1, 0.15) is 0 Å². The highest BCUT2D eigenvalue weighted by atomic mass is 16.5. The first kappa shape index (κ1) is 29.4. The molecule has 0 saturated carbocycles. The molecule has 0 radical (unpaired) electrons. The van der Waals surface area contributed by atoms with E-state index in [1.807, 2.05) is 4.90 Å². The molecule has 0 aromatic carbocycles. The van der Waals surface area contributed by atoms with Crippen molar-refractivity contribution in [2.24, 2.45) is 0 Å². The summed E-state index contributed by atoms with van der Waals surface area (Å²) in [7, 11) is 0. The third kappa shape index (κ3) is 20.0. The summed E-state index contributed by atoms with van der Waals surface area (Å²) >= 11 is 0. The van der Waals surface area contributed by atoms with Crippen molar-refractivity contribution < 1.29 is 28.6 Å². The van der Waals surface area contributed by atoms with Crippen molar-refractivity contribution in [3.63, 3.8) is 0 Å². The van der Waals surface area contributed by atoms with E-state index in [0.717, 1.165) is 57.8 Å². The number of esters is 3. The van der Waals surface area contributed by atoms with Gasteiger partial charge in [-0.25, -0.2) is 0 Å². The Bertz CT molecular complexity index is 402. The second-order valence-corrected chi connectivity index (χ2v) is 7.87. The van der Waals surface area contributed by atoms with Gasteiger partial charge >= 0.3 is 17.9 Å². The molecule has 0 heterocycles. The van der Waals surface area contributed by atoms with Gasteiger partial charge in [-0.3, -0.25) is 14.4 Å². The summed E-state index contributed by atoms with van der Waals surface area (Å²) in [6.07, 6.45) is 9.70. The zero-order valence-electron chi connectivity index (χ0n) is 20.1. The standard InChI is InChI=1S/C24H45NO6/c1-4-7-10-19-29-22(26)13-16-25(17-14-23(27)30-20-11-8-5-2)18-15-24(28)31-21-12-9-6-3/h4-21H2,1-3H3. The van der Waals surface area contributed by atoms with Crippen LogP contribution in [0.5, 0.6) is 0 Å². The molecular formula is C24H45NO6. The summed E-state index contributed by atoms with van der Waals surface area (Å²) < 4.78 is 15.7. The highest BCUT2D eigenvalue weighted by Gasteiger charge is 2.14. The van der Waals surface area contributed by atoms with E-state index in [2.05, 4.69) is 20.8 Å². The van der Waals surface area contributed by atoms with Crippen LogP contribution in [0.4, 0.5) is 0 Å². The number of hydrogen-bond acceptors (Lipinski definition) is 7. The molecule has 0 aromatic rings. The topological polar surface area (TPSA) is 82.1 Å². The molecule has 0 amide bonds. The van der Waals surface area contributed by atoms with Gasteiger partial charge in [0, 0.05) is 19.6 Å². The molecule has 0 bridgehead atoms. The van der Waals surface area contributed by atoms with Crippen LogP contribution in [-0.4, -0.2) is 62.3 Å². The van der Waals surface area contributed by atoms with Crippen molar-refractivity contribution in [2.75, 3.05) is 39.5 Å². The van der Waals surface area contributed by atoms with E-state index in [-0.39, 0.29) is 37.2 Å². The van der Waals surface area contributed by atoms with Crippen molar-refractivity contribution >= 4 is 17.9 Å². The number of carbonyl (C=O) groups is 3. The summed E-state index contributed by atoms with van der Waals surface area (Å²) in [6.45, 7) is 8.97. The lowest BCUT2D eigenvalue weighted by Crippen LogP contribution is -2.32. The lowest BCUT2D eigenvalue weighted by molar-refractivity contribution is -0.144. The van der Waals surface area contributed by atoms with Crippen molar-refractivity contribution in [3.05, 3.63) is 0 Å². The number of rotatable bonds is 21. The van der Waals surface area contributed by atoms with Gasteiger partial charge in [0.05, 0.1) is 39.1 Å². The van der Waals surface area contributed by atoms with Crippen molar-refractivity contribution in [3.8, 4) is 0 Å². The maximum absolute atomic E-state index is 12.0. The zero-order chi connectivity index (χ0) is 23.2. The molecular weight excluding hydrogens is 398 g/mol. The molecule has 0 aromatic heterocycles. The molecule has 31 heavy (non-hydrogen) atoms. The molecule has 0 atom stereocenters. The first-order chi connectivity index (χ1) is 15.0. The van der Waals surface area contributed by atoms with Gasteiger partial charge in [-0.15, -0.1) is 0 Å². The molecule has 7 nitrogen and oxygen atoms in total. The minimum Gasteiger partial charge on any atom is -0.466 e. The number of hydrogen-bond donors (Lipinski definition) is 0. The number of nitrogens with zero attached hydrogens (tertiary/aromatic N) is 1. The normalized spacial score (nSPS) is 10.8. The second kappa shape index (κ2) is 21.6. The number of ether oxygens (including phenoxy) is 3. The van der Waals surface area contributed by atoms with Crippen molar-refractivity contribution in [1.82, 2.24) is 4.90 Å². The predicted molar refractivity (Wildman–Crippen MR) is 122 cm³/mol. The fourth-order valence-corrected chi connectivity index (χ4v) is 2.91. The van der Waals surface area contributed by atoms with E-state index in [9.17, 15) is 14.4 Å². The van der Waals surface area contributed by atoms with Gasteiger partial charge in [0.25, 0.3) is 0 Å². The molecule has 0 aliphatic heterocycles. The van der Waals surface area contributed by atoms with Crippen molar-refractivity contribution in [2.45, 2.75) is 97.8 Å². The van der Waals surface area contributed by atoms with Gasteiger partial charge < -0.3 is 19.1 Å². The first-order valence-electron chi connectivity index (χ1n) is 12.2. The van der Waals surface area contributed by atoms with Gasteiger partial charge in [0.2, 0.25) is 0 Å². The summed E-state index contributed by atoms with van der Waals surface area (Å²) in [4.78, 5) is 37.8. The third-order valence-corrected chi connectivity index (χ3v) is 4.93. The Hall–Kier alpha value is -1.63. The number of unbranched alkanes of at least 4 members (excludes halogenated alkanes) is 6. The SMILES string of the molecule is CCCCCOC(=O)CCN(CCC(=O)OCCCCC)CCC(=O)OCCCCC. The zero-order valence-corrected chi connectivity index (χ0v) is 20.1. The van der Waals surface area contributed by atoms with Crippen molar-refractivity contribution in [1.29, 1.82) is 0 Å². The van der Waals surface area contributed by atoms with Crippen LogP contribution in [0.3, 0.4) is 0 Å². The molecule has 0 saturated heterocycles. The van der Waals surface area contributed by atoms with Gasteiger partial charge in [-0.1, -0.05) is 59.3 Å². The fourth-order valence-electron chi connectivity index (χ4n) is 2.91. The van der Waals surface area contributed by atoms with Gasteiger partial charge in [-0.2, -0.15) is 0 Å². The molecule has 0 rings (SSSR count). The van der Waals surface area contributed by atoms with Crippen LogP contribution in [0.25, 0.3) is 0 Å².